The van der Waals surface area contributed by atoms with E-state index in [4.69, 9.17) is 0 Å². The van der Waals surface area contributed by atoms with Crippen LogP contribution in [0.3, 0.4) is 0 Å². The molecule has 0 aromatic heterocycles. The topological polar surface area (TPSA) is 60.8 Å². The maximum Gasteiger partial charge on any atom is 0.156 e. The smallest absolute Gasteiger partial charge is 0.156 e. The number of aliphatic hydroxyl groups excluding tert-OH is 1. The lowest BCUT2D eigenvalue weighted by Crippen LogP contribution is -2.51. The number of carbonyl (C=O) groups is 1. The third kappa shape index (κ3) is 3.49. The average Bonchev–Trinajstić information content (AvgIpc) is 3.07. The minimum atomic E-state index is -1.07. The van der Waals surface area contributed by atoms with Gasteiger partial charge in [-0.05, 0) is 85.3 Å². The number of carbonyl (C=O) groups excluding carboxylic acids is 1. The number of nitrogens with zero attached hydrogens (tertiary/aromatic N) is 1. The van der Waals surface area contributed by atoms with Gasteiger partial charge >= 0.3 is 0 Å². The minimum Gasteiger partial charge on any atom is -0.384 e. The quantitative estimate of drug-likeness (QED) is 0.664. The number of anilines is 1. The highest BCUT2D eigenvalue weighted by atomic mass is 16.3. The molecule has 5 atom stereocenters. The normalized spacial score (nSPS) is 35.1. The van der Waals surface area contributed by atoms with Gasteiger partial charge in [0.05, 0.1) is 0 Å². The summed E-state index contributed by atoms with van der Waals surface area (Å²) in [6.45, 7) is 2.01. The summed E-state index contributed by atoms with van der Waals surface area (Å²) >= 11 is 0. The van der Waals surface area contributed by atoms with Crippen molar-refractivity contribution in [1.82, 2.24) is 0 Å². The van der Waals surface area contributed by atoms with E-state index in [1.54, 1.807) is 0 Å². The summed E-state index contributed by atoms with van der Waals surface area (Å²) in [5.74, 6) is 7.10. The Morgan fingerprint density at radius 3 is 2.58 bits per heavy atom. The molecule has 0 unspecified atom stereocenters. The highest BCUT2D eigenvalue weighted by Crippen LogP contribution is 2.66. The van der Waals surface area contributed by atoms with Gasteiger partial charge in [-0.1, -0.05) is 36.5 Å². The molecule has 4 aliphatic carbocycles. The zero-order chi connectivity index (χ0) is 23.4. The van der Waals surface area contributed by atoms with Crippen LogP contribution < -0.4 is 4.90 Å². The number of allylic oxidation sites excluding steroid dienone is 4. The molecule has 4 aliphatic rings. The van der Waals surface area contributed by atoms with E-state index in [0.29, 0.717) is 24.7 Å². The number of benzene rings is 1. The van der Waals surface area contributed by atoms with Crippen molar-refractivity contribution in [3.63, 3.8) is 0 Å². The molecule has 1 aromatic rings. The van der Waals surface area contributed by atoms with Gasteiger partial charge in [0, 0.05) is 37.5 Å². The van der Waals surface area contributed by atoms with Crippen LogP contribution in [0.1, 0.15) is 63.4 Å². The second kappa shape index (κ2) is 8.15. The van der Waals surface area contributed by atoms with Crippen LogP contribution in [-0.2, 0) is 4.79 Å². The number of ketones is 1. The average molecular weight is 446 g/mol. The highest BCUT2D eigenvalue weighted by Gasteiger charge is 2.62. The van der Waals surface area contributed by atoms with E-state index >= 15 is 0 Å². The van der Waals surface area contributed by atoms with Crippen molar-refractivity contribution < 1.29 is 15.0 Å². The zero-order valence-corrected chi connectivity index (χ0v) is 20.0. The monoisotopic (exact) mass is 445 g/mol. The van der Waals surface area contributed by atoms with Crippen LogP contribution >= 0.6 is 0 Å². The van der Waals surface area contributed by atoms with Crippen LogP contribution in [0, 0.1) is 29.1 Å². The van der Waals surface area contributed by atoms with Gasteiger partial charge in [0.15, 0.2) is 5.78 Å². The third-order valence-corrected chi connectivity index (χ3v) is 9.07. The molecular weight excluding hydrogens is 410 g/mol. The Bertz CT molecular complexity index is 1090. The Labute approximate surface area is 197 Å². The minimum absolute atomic E-state index is 0.208. The second-order valence-corrected chi connectivity index (χ2v) is 10.8. The largest absolute Gasteiger partial charge is 0.384 e. The number of hydrogen-bond donors (Lipinski definition) is 2. The molecule has 0 radical (unpaired) electrons. The first kappa shape index (κ1) is 22.4. The molecule has 1 aromatic carbocycles. The van der Waals surface area contributed by atoms with Gasteiger partial charge in [0.1, 0.15) is 12.2 Å². The van der Waals surface area contributed by atoms with E-state index in [1.165, 1.54) is 28.0 Å². The molecule has 2 saturated carbocycles. The van der Waals surface area contributed by atoms with Crippen molar-refractivity contribution in [1.29, 1.82) is 0 Å². The van der Waals surface area contributed by atoms with Crippen molar-refractivity contribution in [3.8, 4) is 11.8 Å². The summed E-state index contributed by atoms with van der Waals surface area (Å²) in [6, 6.07) is 8.85. The van der Waals surface area contributed by atoms with E-state index in [1.807, 2.05) is 6.08 Å². The van der Waals surface area contributed by atoms with Gasteiger partial charge < -0.3 is 15.1 Å². The van der Waals surface area contributed by atoms with Crippen LogP contribution in [0.5, 0.6) is 0 Å². The first-order valence-corrected chi connectivity index (χ1v) is 12.3. The lowest BCUT2D eigenvalue weighted by molar-refractivity contribution is -0.114. The van der Waals surface area contributed by atoms with E-state index in [0.717, 1.165) is 32.1 Å². The lowest BCUT2D eigenvalue weighted by atomic mass is 9.51. The molecule has 2 fully saturated rings. The molecule has 4 heteroatoms. The summed E-state index contributed by atoms with van der Waals surface area (Å²) in [4.78, 5) is 14.3. The van der Waals surface area contributed by atoms with Gasteiger partial charge in [-0.2, -0.15) is 0 Å². The fourth-order valence-electron chi connectivity index (χ4n) is 7.36. The first-order valence-electron chi connectivity index (χ1n) is 12.3. The number of hydrogen-bond acceptors (Lipinski definition) is 4. The van der Waals surface area contributed by atoms with Crippen LogP contribution in [0.2, 0.25) is 0 Å². The second-order valence-electron chi connectivity index (χ2n) is 10.8. The van der Waals surface area contributed by atoms with Gasteiger partial charge in [0.25, 0.3) is 0 Å². The predicted octanol–water partition coefficient (Wildman–Crippen LogP) is 4.38. The SMILES string of the molecule is CN(C)c1ccc([C@H]2C[C@@]3(C)[C@@H](CC[C@@]3(O)C#CCO)[C@@H]3CCC4=CC(=O)CCC4=C32)cc1. The Morgan fingerprint density at radius 1 is 1.12 bits per heavy atom. The molecule has 174 valence electrons. The molecule has 0 heterocycles. The molecule has 0 spiro atoms. The zero-order valence-electron chi connectivity index (χ0n) is 20.0. The van der Waals surface area contributed by atoms with Crippen LogP contribution in [0.4, 0.5) is 5.69 Å². The highest BCUT2D eigenvalue weighted by molar-refractivity contribution is 5.93. The maximum atomic E-state index is 12.2. The maximum absolute atomic E-state index is 12.2. The Hall–Kier alpha value is -2.35. The summed E-state index contributed by atoms with van der Waals surface area (Å²) in [6.07, 6.45) is 7.80. The molecule has 5 rings (SSSR count). The molecular formula is C29H35NO3. The van der Waals surface area contributed by atoms with Crippen LogP contribution in [0.15, 0.2) is 47.1 Å². The van der Waals surface area contributed by atoms with Crippen molar-refractivity contribution >= 4 is 11.5 Å². The van der Waals surface area contributed by atoms with Crippen LogP contribution in [-0.4, -0.2) is 42.3 Å². The molecule has 33 heavy (non-hydrogen) atoms. The standard InChI is InChI=1S/C29H35NO3/c1-28-18-25(19-5-8-21(9-6-19)30(2)3)27-23-12-10-22(32)17-20(23)7-11-24(27)26(28)13-15-29(28,33)14-4-16-31/h5-6,8-9,17,24-26,31,33H,7,10-13,15-16,18H2,1-3H3/t24-,25+,26-,28-,29-/m0/s1. The fraction of sp³-hybridized carbons (Fsp3) is 0.552. The molecule has 0 amide bonds. The Balaban J connectivity index is 1.66. The van der Waals surface area contributed by atoms with Crippen molar-refractivity contribution in [2.24, 2.45) is 17.3 Å². The molecule has 0 saturated heterocycles. The third-order valence-electron chi connectivity index (χ3n) is 9.07. The van der Waals surface area contributed by atoms with Gasteiger partial charge in [0.2, 0.25) is 0 Å². The van der Waals surface area contributed by atoms with E-state index in [9.17, 15) is 15.0 Å². The van der Waals surface area contributed by atoms with Gasteiger partial charge in [-0.3, -0.25) is 4.79 Å². The lowest BCUT2D eigenvalue weighted by Gasteiger charge is -2.53. The van der Waals surface area contributed by atoms with E-state index in [-0.39, 0.29) is 23.7 Å². The summed E-state index contributed by atoms with van der Waals surface area (Å²) < 4.78 is 0. The number of rotatable bonds is 2. The summed E-state index contributed by atoms with van der Waals surface area (Å²) in [5, 5.41) is 21.1. The number of aliphatic hydroxyl groups is 2. The summed E-state index contributed by atoms with van der Waals surface area (Å²) in [5.41, 5.74) is 5.26. The van der Waals surface area contributed by atoms with Crippen molar-refractivity contribution in [2.75, 3.05) is 25.6 Å². The van der Waals surface area contributed by atoms with Crippen LogP contribution in [0.25, 0.3) is 0 Å². The first-order chi connectivity index (χ1) is 15.8. The predicted molar refractivity (Wildman–Crippen MR) is 131 cm³/mol. The van der Waals surface area contributed by atoms with E-state index in [2.05, 4.69) is 62.0 Å². The van der Waals surface area contributed by atoms with Crippen molar-refractivity contribution in [3.05, 3.63) is 52.6 Å². The van der Waals surface area contributed by atoms with Gasteiger partial charge in [-0.15, -0.1) is 0 Å². The Morgan fingerprint density at radius 2 is 1.88 bits per heavy atom. The molecule has 2 N–H and O–H groups in total. The summed E-state index contributed by atoms with van der Waals surface area (Å²) in [7, 11) is 4.11. The van der Waals surface area contributed by atoms with E-state index < -0.39 is 5.60 Å². The Kier molecular flexibility index (Phi) is 5.54. The molecule has 0 bridgehead atoms. The number of fused-ring (bicyclic) bond motifs is 4. The van der Waals surface area contributed by atoms with Crippen molar-refractivity contribution in [2.45, 2.75) is 63.4 Å². The fourth-order valence-corrected chi connectivity index (χ4v) is 7.36. The molecule has 0 aliphatic heterocycles. The molecule has 4 nitrogen and oxygen atoms in total. The van der Waals surface area contributed by atoms with Gasteiger partial charge in [-0.25, -0.2) is 0 Å².